The molecule has 0 saturated carbocycles. The van der Waals surface area contributed by atoms with E-state index in [0.29, 0.717) is 11.3 Å². The molecule has 1 N–H and O–H groups in total. The first-order chi connectivity index (χ1) is 14.1. The number of aromatic nitrogens is 1. The first-order valence-electron chi connectivity index (χ1n) is 9.72. The van der Waals surface area contributed by atoms with E-state index in [2.05, 4.69) is 23.3 Å². The zero-order valence-electron chi connectivity index (χ0n) is 16.9. The second kappa shape index (κ2) is 9.94. The highest BCUT2D eigenvalue weighted by Gasteiger charge is 2.14. The number of hydrogen-bond donors (Lipinski definition) is 1. The minimum absolute atomic E-state index is 0.386. The van der Waals surface area contributed by atoms with Gasteiger partial charge in [0.2, 0.25) is 6.29 Å². The minimum atomic E-state index is -0.386. The van der Waals surface area contributed by atoms with E-state index in [0.717, 1.165) is 46.3 Å². The predicted octanol–water partition coefficient (Wildman–Crippen LogP) is 6.01. The monoisotopic (exact) mass is 407 g/mol. The average Bonchev–Trinajstić information content (AvgIpc) is 3.14. The zero-order valence-corrected chi connectivity index (χ0v) is 17.8. The lowest BCUT2D eigenvalue weighted by Gasteiger charge is -2.20. The Morgan fingerprint density at radius 1 is 1.07 bits per heavy atom. The van der Waals surface area contributed by atoms with Gasteiger partial charge in [0.05, 0.1) is 16.6 Å². The fourth-order valence-corrected chi connectivity index (χ4v) is 3.70. The minimum Gasteiger partial charge on any atom is -0.455 e. The van der Waals surface area contributed by atoms with Crippen LogP contribution in [0.3, 0.4) is 0 Å². The van der Waals surface area contributed by atoms with Crippen LogP contribution >= 0.6 is 11.3 Å². The summed E-state index contributed by atoms with van der Waals surface area (Å²) in [6, 6.07) is 17.1. The zero-order chi connectivity index (χ0) is 20.6. The van der Waals surface area contributed by atoms with Crippen LogP contribution in [0.15, 0.2) is 48.5 Å². The maximum Gasteiger partial charge on any atom is 0.241 e. The highest BCUT2D eigenvalue weighted by molar-refractivity contribution is 7.16. The predicted molar refractivity (Wildman–Crippen MR) is 118 cm³/mol. The molecule has 3 rings (SSSR count). The number of thiazole rings is 1. The van der Waals surface area contributed by atoms with Crippen molar-refractivity contribution in [3.63, 3.8) is 0 Å². The molecule has 3 aromatic rings. The molecule has 0 aliphatic rings. The molecule has 1 unspecified atom stereocenters. The molecule has 5 nitrogen and oxygen atoms in total. The van der Waals surface area contributed by atoms with Gasteiger partial charge in [0.25, 0.3) is 0 Å². The molecule has 0 aliphatic heterocycles. The first-order valence-corrected chi connectivity index (χ1v) is 10.5. The molecule has 0 saturated heterocycles. The molecule has 0 amide bonds. The Morgan fingerprint density at radius 3 is 2.24 bits per heavy atom. The van der Waals surface area contributed by atoms with Crippen LogP contribution < -0.4 is 14.8 Å². The van der Waals surface area contributed by atoms with Crippen LogP contribution in [-0.4, -0.2) is 18.3 Å². The summed E-state index contributed by atoms with van der Waals surface area (Å²) >= 11 is 1.64. The van der Waals surface area contributed by atoms with Crippen LogP contribution in [0.25, 0.3) is 11.3 Å². The third kappa shape index (κ3) is 5.49. The Kier molecular flexibility index (Phi) is 7.09. The van der Waals surface area contributed by atoms with E-state index < -0.39 is 0 Å². The van der Waals surface area contributed by atoms with E-state index >= 15 is 0 Å². The SMILES string of the molecule is CCCCC(Oc1ccc(C#N)cc1)Oc1ccc(-c2nc(C)sc2NC)cc1. The van der Waals surface area contributed by atoms with E-state index in [1.165, 1.54) is 0 Å². The largest absolute Gasteiger partial charge is 0.455 e. The van der Waals surface area contributed by atoms with Crippen molar-refractivity contribution in [3.8, 4) is 28.8 Å². The van der Waals surface area contributed by atoms with Gasteiger partial charge in [-0.15, -0.1) is 11.3 Å². The van der Waals surface area contributed by atoms with Crippen molar-refractivity contribution in [2.75, 3.05) is 12.4 Å². The number of nitriles is 1. The van der Waals surface area contributed by atoms with E-state index in [4.69, 9.17) is 14.7 Å². The average molecular weight is 408 g/mol. The van der Waals surface area contributed by atoms with Crippen LogP contribution in [0.2, 0.25) is 0 Å². The molecule has 150 valence electrons. The molecular formula is C23H25N3O2S. The number of anilines is 1. The van der Waals surface area contributed by atoms with E-state index in [-0.39, 0.29) is 6.29 Å². The lowest BCUT2D eigenvalue weighted by atomic mass is 10.1. The van der Waals surface area contributed by atoms with Crippen molar-refractivity contribution in [1.29, 1.82) is 5.26 Å². The van der Waals surface area contributed by atoms with Gasteiger partial charge in [-0.2, -0.15) is 5.26 Å². The van der Waals surface area contributed by atoms with Gasteiger partial charge in [-0.1, -0.05) is 13.3 Å². The number of ether oxygens (including phenoxy) is 2. The second-order valence-electron chi connectivity index (χ2n) is 6.63. The topological polar surface area (TPSA) is 67.2 Å². The van der Waals surface area contributed by atoms with Crippen molar-refractivity contribution >= 4 is 16.3 Å². The fraction of sp³-hybridized carbons (Fsp3) is 0.304. The summed E-state index contributed by atoms with van der Waals surface area (Å²) in [5, 5.41) is 14.2. The standard InChI is InChI=1S/C23H25N3O2S/c1-4-5-6-21(27-19-11-7-17(15-24)8-12-19)28-20-13-9-18(10-14-20)22-23(25-3)29-16(2)26-22/h7-14,21,25H,4-6H2,1-3H3. The molecule has 0 aliphatic carbocycles. The van der Waals surface area contributed by atoms with E-state index in [1.807, 2.05) is 38.2 Å². The number of unbranched alkanes of at least 4 members (excludes halogenated alkanes) is 1. The van der Waals surface area contributed by atoms with Gasteiger partial charge in [0, 0.05) is 19.0 Å². The number of nitrogens with zero attached hydrogens (tertiary/aromatic N) is 2. The first kappa shape index (κ1) is 20.7. The third-order valence-corrected chi connectivity index (χ3v) is 5.39. The van der Waals surface area contributed by atoms with Gasteiger partial charge < -0.3 is 14.8 Å². The van der Waals surface area contributed by atoms with E-state index in [1.54, 1.807) is 35.6 Å². The molecule has 0 bridgehead atoms. The number of rotatable bonds is 9. The lowest BCUT2D eigenvalue weighted by molar-refractivity contribution is -0.00211. The third-order valence-electron chi connectivity index (χ3n) is 4.40. The molecule has 0 fully saturated rings. The summed E-state index contributed by atoms with van der Waals surface area (Å²) in [6.45, 7) is 4.15. The van der Waals surface area contributed by atoms with Crippen LogP contribution in [0, 0.1) is 18.3 Å². The van der Waals surface area contributed by atoms with Gasteiger partial charge in [-0.3, -0.25) is 0 Å². The smallest absolute Gasteiger partial charge is 0.241 e. The summed E-state index contributed by atoms with van der Waals surface area (Å²) < 4.78 is 12.1. The van der Waals surface area contributed by atoms with Gasteiger partial charge in [0.15, 0.2) is 0 Å². The molecule has 2 aromatic carbocycles. The van der Waals surface area contributed by atoms with Crippen LogP contribution in [-0.2, 0) is 0 Å². The lowest BCUT2D eigenvalue weighted by Crippen LogP contribution is -2.23. The maximum atomic E-state index is 8.94. The normalized spacial score (nSPS) is 11.5. The summed E-state index contributed by atoms with van der Waals surface area (Å²) in [5.74, 6) is 1.44. The van der Waals surface area contributed by atoms with Crippen molar-refractivity contribution in [1.82, 2.24) is 4.98 Å². The molecule has 0 radical (unpaired) electrons. The van der Waals surface area contributed by atoms with Crippen molar-refractivity contribution in [3.05, 3.63) is 59.1 Å². The Morgan fingerprint density at radius 2 is 1.69 bits per heavy atom. The molecule has 1 aromatic heterocycles. The Balaban J connectivity index is 1.72. The Hall–Kier alpha value is -3.04. The number of nitrogens with one attached hydrogen (secondary N) is 1. The molecule has 1 atom stereocenters. The van der Waals surface area contributed by atoms with Crippen LogP contribution in [0.5, 0.6) is 11.5 Å². The number of hydrogen-bond acceptors (Lipinski definition) is 6. The van der Waals surface area contributed by atoms with E-state index in [9.17, 15) is 0 Å². The summed E-state index contributed by atoms with van der Waals surface area (Å²) in [7, 11) is 1.91. The Bertz CT molecular complexity index is 959. The maximum absolute atomic E-state index is 8.94. The Labute approximate surface area is 175 Å². The van der Waals surface area contributed by atoms with Crippen molar-refractivity contribution in [2.45, 2.75) is 39.4 Å². The summed E-state index contributed by atoms with van der Waals surface area (Å²) in [6.07, 6.45) is 2.46. The highest BCUT2D eigenvalue weighted by atomic mass is 32.1. The van der Waals surface area contributed by atoms with Gasteiger partial charge >= 0.3 is 0 Å². The van der Waals surface area contributed by atoms with Gasteiger partial charge in [-0.25, -0.2) is 4.98 Å². The fourth-order valence-electron chi connectivity index (χ4n) is 2.91. The van der Waals surface area contributed by atoms with Crippen molar-refractivity contribution in [2.24, 2.45) is 0 Å². The second-order valence-corrected chi connectivity index (χ2v) is 7.83. The number of benzene rings is 2. The molecule has 29 heavy (non-hydrogen) atoms. The van der Waals surface area contributed by atoms with Gasteiger partial charge in [-0.05, 0) is 61.9 Å². The van der Waals surface area contributed by atoms with Crippen LogP contribution in [0.4, 0.5) is 5.00 Å². The summed E-state index contributed by atoms with van der Waals surface area (Å²) in [5.41, 5.74) is 2.61. The molecular weight excluding hydrogens is 382 g/mol. The molecule has 6 heteroatoms. The highest BCUT2D eigenvalue weighted by Crippen LogP contribution is 2.33. The van der Waals surface area contributed by atoms with Crippen LogP contribution in [0.1, 0.15) is 36.8 Å². The van der Waals surface area contributed by atoms with Crippen molar-refractivity contribution < 1.29 is 9.47 Å². The number of aryl methyl sites for hydroxylation is 1. The summed E-state index contributed by atoms with van der Waals surface area (Å²) in [4.78, 5) is 4.62. The molecule has 1 heterocycles. The molecule has 0 spiro atoms. The quantitative estimate of drug-likeness (QED) is 0.440. The van der Waals surface area contributed by atoms with Gasteiger partial charge in [0.1, 0.15) is 22.2 Å².